The molecule has 1 aromatic heterocycles. The molecule has 0 radical (unpaired) electrons. The third-order valence-corrected chi connectivity index (χ3v) is 2.93. The molecule has 2 nitrogen and oxygen atoms in total. The quantitative estimate of drug-likeness (QED) is 0.871. The van der Waals surface area contributed by atoms with Crippen LogP contribution in [0.3, 0.4) is 0 Å². The fourth-order valence-electron chi connectivity index (χ4n) is 1.70. The maximum atomic E-state index is 13.2. The highest BCUT2D eigenvalue weighted by atomic mass is 79.9. The van der Waals surface area contributed by atoms with Crippen molar-refractivity contribution in [3.8, 4) is 0 Å². The van der Waals surface area contributed by atoms with E-state index in [0.717, 1.165) is 12.1 Å². The van der Waals surface area contributed by atoms with Crippen molar-refractivity contribution >= 4 is 15.9 Å². The topological polar surface area (TPSA) is 25.2 Å². The molecule has 1 heterocycles. The van der Waals surface area contributed by atoms with Crippen molar-refractivity contribution in [2.45, 2.75) is 6.04 Å². The predicted octanol–water partition coefficient (Wildman–Crippen LogP) is 3.77. The predicted molar refractivity (Wildman–Crippen MR) is 63.6 cm³/mol. The summed E-state index contributed by atoms with van der Waals surface area (Å²) in [7, 11) is 1.61. The van der Waals surface area contributed by atoms with Crippen LogP contribution in [0.2, 0.25) is 0 Å². The van der Waals surface area contributed by atoms with Crippen molar-refractivity contribution in [2.24, 2.45) is 0 Å². The molecule has 0 fully saturated rings. The lowest BCUT2D eigenvalue weighted by molar-refractivity contribution is 0.429. The number of benzene rings is 1. The van der Waals surface area contributed by atoms with Gasteiger partial charge in [0.25, 0.3) is 0 Å². The minimum Gasteiger partial charge on any atom is -0.452 e. The van der Waals surface area contributed by atoms with E-state index in [1.54, 1.807) is 19.2 Å². The highest BCUT2D eigenvalue weighted by molar-refractivity contribution is 9.10. The van der Waals surface area contributed by atoms with Gasteiger partial charge in [-0.25, -0.2) is 13.2 Å². The Morgan fingerprint density at radius 2 is 1.78 bits per heavy atom. The summed E-state index contributed by atoms with van der Waals surface area (Å²) in [4.78, 5) is 0. The summed E-state index contributed by atoms with van der Waals surface area (Å²) in [6.45, 7) is 0. The van der Waals surface area contributed by atoms with Gasteiger partial charge < -0.3 is 9.73 Å². The van der Waals surface area contributed by atoms with E-state index in [0.29, 0.717) is 10.4 Å². The molecule has 0 aliphatic rings. The molecule has 0 saturated carbocycles. The normalized spacial score (nSPS) is 12.7. The van der Waals surface area contributed by atoms with E-state index < -0.39 is 23.5 Å². The molecule has 1 atom stereocenters. The fraction of sp³-hybridized carbons (Fsp3) is 0.167. The van der Waals surface area contributed by atoms with Crippen molar-refractivity contribution in [1.82, 2.24) is 5.32 Å². The van der Waals surface area contributed by atoms with Crippen LogP contribution in [0.5, 0.6) is 0 Å². The van der Waals surface area contributed by atoms with E-state index in [1.807, 2.05) is 0 Å². The number of nitrogens with one attached hydrogen (secondary N) is 1. The van der Waals surface area contributed by atoms with E-state index in [9.17, 15) is 13.2 Å². The summed E-state index contributed by atoms with van der Waals surface area (Å²) in [6, 6.07) is 4.65. The molecular formula is C12H9BrF3NO. The van der Waals surface area contributed by atoms with Crippen molar-refractivity contribution < 1.29 is 17.6 Å². The molecular weight excluding hydrogens is 311 g/mol. The molecule has 6 heteroatoms. The van der Waals surface area contributed by atoms with Crippen LogP contribution in [0.4, 0.5) is 13.2 Å². The average molecular weight is 320 g/mol. The number of halogens is 4. The van der Waals surface area contributed by atoms with E-state index in [2.05, 4.69) is 21.2 Å². The second-order valence-electron chi connectivity index (χ2n) is 3.66. The van der Waals surface area contributed by atoms with Crippen molar-refractivity contribution in [2.75, 3.05) is 7.05 Å². The maximum Gasteiger partial charge on any atom is 0.194 e. The minimum absolute atomic E-state index is 0.246. The lowest BCUT2D eigenvalue weighted by atomic mass is 10.0. The van der Waals surface area contributed by atoms with Gasteiger partial charge in [0.1, 0.15) is 5.76 Å². The molecule has 0 aliphatic heterocycles. The van der Waals surface area contributed by atoms with E-state index >= 15 is 0 Å². The van der Waals surface area contributed by atoms with E-state index in [-0.39, 0.29) is 5.56 Å². The smallest absolute Gasteiger partial charge is 0.194 e. The van der Waals surface area contributed by atoms with Gasteiger partial charge in [-0.05, 0) is 52.8 Å². The van der Waals surface area contributed by atoms with Crippen LogP contribution in [0.25, 0.3) is 0 Å². The lowest BCUT2D eigenvalue weighted by Crippen LogP contribution is -2.17. The van der Waals surface area contributed by atoms with Crippen LogP contribution in [0, 0.1) is 17.5 Å². The summed E-state index contributed by atoms with van der Waals surface area (Å²) >= 11 is 3.14. The molecule has 2 aromatic rings. The summed E-state index contributed by atoms with van der Waals surface area (Å²) in [6.07, 6.45) is 0. The van der Waals surface area contributed by atoms with Gasteiger partial charge in [-0.3, -0.25) is 0 Å². The minimum atomic E-state index is -1.48. The Hall–Kier alpha value is -1.27. The van der Waals surface area contributed by atoms with Gasteiger partial charge in [0, 0.05) is 0 Å². The molecule has 1 N–H and O–H groups in total. The molecule has 1 unspecified atom stereocenters. The summed E-state index contributed by atoms with van der Waals surface area (Å²) < 4.78 is 45.1. The van der Waals surface area contributed by atoms with Crippen LogP contribution in [0.1, 0.15) is 17.4 Å². The van der Waals surface area contributed by atoms with Crippen LogP contribution in [-0.4, -0.2) is 7.05 Å². The number of rotatable bonds is 3. The van der Waals surface area contributed by atoms with Crippen LogP contribution >= 0.6 is 15.9 Å². The van der Waals surface area contributed by atoms with Crippen LogP contribution in [-0.2, 0) is 0 Å². The zero-order valence-corrected chi connectivity index (χ0v) is 10.9. The Morgan fingerprint density at radius 1 is 1.17 bits per heavy atom. The van der Waals surface area contributed by atoms with Crippen molar-refractivity contribution in [1.29, 1.82) is 0 Å². The highest BCUT2D eigenvalue weighted by Gasteiger charge is 2.20. The Kier molecular flexibility index (Phi) is 3.77. The van der Waals surface area contributed by atoms with Gasteiger partial charge in [0.05, 0.1) is 6.04 Å². The standard InChI is InChI=1S/C12H9BrF3NO/c1-17-12(9-2-3-10(13)18-9)6-4-7(14)11(16)8(15)5-6/h2-5,12,17H,1H3. The third-order valence-electron chi connectivity index (χ3n) is 2.51. The first-order valence-corrected chi connectivity index (χ1v) is 5.89. The summed E-state index contributed by atoms with van der Waals surface area (Å²) in [5.74, 6) is -3.46. The maximum absolute atomic E-state index is 13.2. The monoisotopic (exact) mass is 319 g/mol. The molecule has 1 aromatic carbocycles. The summed E-state index contributed by atoms with van der Waals surface area (Å²) in [5.41, 5.74) is 0.246. The molecule has 18 heavy (non-hydrogen) atoms. The number of furan rings is 1. The highest BCUT2D eigenvalue weighted by Crippen LogP contribution is 2.27. The number of hydrogen-bond donors (Lipinski definition) is 1. The molecule has 2 rings (SSSR count). The molecule has 0 aliphatic carbocycles. The number of hydrogen-bond acceptors (Lipinski definition) is 2. The van der Waals surface area contributed by atoms with Crippen LogP contribution in [0.15, 0.2) is 33.4 Å². The second kappa shape index (κ2) is 5.16. The third kappa shape index (κ3) is 2.44. The molecule has 0 bridgehead atoms. The zero-order chi connectivity index (χ0) is 13.3. The average Bonchev–Trinajstić information content (AvgIpc) is 2.73. The van der Waals surface area contributed by atoms with Crippen molar-refractivity contribution in [3.63, 3.8) is 0 Å². The Morgan fingerprint density at radius 3 is 2.22 bits per heavy atom. The van der Waals surface area contributed by atoms with Crippen LogP contribution < -0.4 is 5.32 Å². The summed E-state index contributed by atoms with van der Waals surface area (Å²) in [5, 5.41) is 2.85. The first kappa shape index (κ1) is 13.2. The SMILES string of the molecule is CNC(c1cc(F)c(F)c(F)c1)c1ccc(Br)o1. The van der Waals surface area contributed by atoms with Gasteiger partial charge in [-0.15, -0.1) is 0 Å². The Balaban J connectivity index is 2.45. The van der Waals surface area contributed by atoms with Gasteiger partial charge in [-0.1, -0.05) is 0 Å². The largest absolute Gasteiger partial charge is 0.452 e. The first-order chi connectivity index (χ1) is 8.52. The Bertz CT molecular complexity index is 547. The lowest BCUT2D eigenvalue weighted by Gasteiger charge is -2.14. The Labute approximate surface area is 110 Å². The molecule has 96 valence electrons. The van der Waals surface area contributed by atoms with E-state index in [4.69, 9.17) is 4.42 Å². The first-order valence-electron chi connectivity index (χ1n) is 5.10. The molecule has 0 saturated heterocycles. The van der Waals surface area contributed by atoms with Gasteiger partial charge in [0.15, 0.2) is 22.1 Å². The van der Waals surface area contributed by atoms with E-state index in [1.165, 1.54) is 0 Å². The van der Waals surface area contributed by atoms with Gasteiger partial charge >= 0.3 is 0 Å². The van der Waals surface area contributed by atoms with Crippen molar-refractivity contribution in [3.05, 3.63) is 57.7 Å². The second-order valence-corrected chi connectivity index (χ2v) is 4.44. The molecule has 0 spiro atoms. The fourth-order valence-corrected chi connectivity index (χ4v) is 2.02. The zero-order valence-electron chi connectivity index (χ0n) is 9.31. The molecule has 0 amide bonds. The van der Waals surface area contributed by atoms with Gasteiger partial charge in [-0.2, -0.15) is 0 Å². The van der Waals surface area contributed by atoms with Gasteiger partial charge in [0.2, 0.25) is 0 Å².